The topological polar surface area (TPSA) is 93.3 Å². The van der Waals surface area contributed by atoms with E-state index in [1.807, 2.05) is 6.92 Å². The summed E-state index contributed by atoms with van der Waals surface area (Å²) < 4.78 is 1.61. The van der Waals surface area contributed by atoms with Crippen LogP contribution in [0, 0.1) is 22.5 Å². The number of nitro benzene ring substituents is 1. The van der Waals surface area contributed by atoms with E-state index in [-0.39, 0.29) is 11.7 Å². The lowest BCUT2D eigenvalue weighted by atomic mass is 10.1. The van der Waals surface area contributed by atoms with Crippen LogP contribution >= 0.6 is 0 Å². The largest absolute Gasteiger partial charge is 0.323 e. The van der Waals surface area contributed by atoms with Gasteiger partial charge in [0.15, 0.2) is 0 Å². The first-order chi connectivity index (χ1) is 11.9. The minimum Gasteiger partial charge on any atom is -0.323 e. The average molecular weight is 341 g/mol. The van der Waals surface area contributed by atoms with Crippen molar-refractivity contribution in [1.29, 1.82) is 0 Å². The van der Waals surface area contributed by atoms with E-state index in [9.17, 15) is 14.9 Å². The Morgan fingerprint density at radius 2 is 2.28 bits per heavy atom. The van der Waals surface area contributed by atoms with Gasteiger partial charge >= 0.3 is 6.03 Å². The molecule has 8 nitrogen and oxygen atoms in total. The second-order valence-electron chi connectivity index (χ2n) is 5.49. The number of hydrogen-bond acceptors (Lipinski definition) is 4. The maximum Gasteiger partial charge on any atom is 0.321 e. The van der Waals surface area contributed by atoms with Crippen molar-refractivity contribution in [3.63, 3.8) is 0 Å². The van der Waals surface area contributed by atoms with Crippen LogP contribution in [-0.2, 0) is 19.5 Å². The Balaban J connectivity index is 2.04. The highest BCUT2D eigenvalue weighted by Gasteiger charge is 2.16. The van der Waals surface area contributed by atoms with Crippen LogP contribution in [0.1, 0.15) is 18.1 Å². The van der Waals surface area contributed by atoms with Gasteiger partial charge in [0.2, 0.25) is 0 Å². The van der Waals surface area contributed by atoms with Gasteiger partial charge in [0, 0.05) is 36.1 Å². The van der Waals surface area contributed by atoms with E-state index in [1.54, 1.807) is 36.3 Å². The van der Waals surface area contributed by atoms with Crippen molar-refractivity contribution in [3.8, 4) is 12.3 Å². The molecule has 25 heavy (non-hydrogen) atoms. The highest BCUT2D eigenvalue weighted by atomic mass is 16.6. The number of urea groups is 1. The van der Waals surface area contributed by atoms with Crippen LogP contribution in [-0.4, -0.2) is 32.7 Å². The average Bonchev–Trinajstić information content (AvgIpc) is 3.02. The lowest BCUT2D eigenvalue weighted by Crippen LogP contribution is -2.30. The van der Waals surface area contributed by atoms with Crippen molar-refractivity contribution >= 4 is 17.4 Å². The van der Waals surface area contributed by atoms with Gasteiger partial charge < -0.3 is 10.2 Å². The molecule has 0 aliphatic carbocycles. The molecule has 2 rings (SSSR count). The minimum absolute atomic E-state index is 0.00138. The quantitative estimate of drug-likeness (QED) is 0.496. The summed E-state index contributed by atoms with van der Waals surface area (Å²) in [6.45, 7) is 2.55. The summed E-state index contributed by atoms with van der Waals surface area (Å²) in [6, 6.07) is 4.30. The molecule has 1 heterocycles. The molecule has 8 heteroatoms. The first-order valence-electron chi connectivity index (χ1n) is 7.68. The highest BCUT2D eigenvalue weighted by Crippen LogP contribution is 2.23. The van der Waals surface area contributed by atoms with Crippen molar-refractivity contribution < 1.29 is 9.72 Å². The van der Waals surface area contributed by atoms with Gasteiger partial charge in [-0.05, 0) is 12.5 Å². The number of nitrogens with zero attached hydrogens (tertiary/aromatic N) is 4. The predicted octanol–water partition coefficient (Wildman–Crippen LogP) is 2.65. The lowest BCUT2D eigenvalue weighted by molar-refractivity contribution is -0.385. The normalized spacial score (nSPS) is 10.1. The summed E-state index contributed by atoms with van der Waals surface area (Å²) in [7, 11) is 1.63. The monoisotopic (exact) mass is 341 g/mol. The Hall–Kier alpha value is -3.34. The maximum absolute atomic E-state index is 12.3. The Morgan fingerprint density at radius 1 is 1.52 bits per heavy atom. The molecule has 130 valence electrons. The number of rotatable bonds is 6. The number of benzene rings is 1. The van der Waals surface area contributed by atoms with E-state index < -0.39 is 4.92 Å². The molecule has 1 N–H and O–H groups in total. The van der Waals surface area contributed by atoms with Crippen molar-refractivity contribution in [2.75, 3.05) is 12.4 Å². The first kappa shape index (κ1) is 18.0. The Bertz CT molecular complexity index is 822. The van der Waals surface area contributed by atoms with Gasteiger partial charge in [-0.3, -0.25) is 14.8 Å². The van der Waals surface area contributed by atoms with Crippen LogP contribution in [0.15, 0.2) is 30.6 Å². The zero-order valence-corrected chi connectivity index (χ0v) is 14.1. The van der Waals surface area contributed by atoms with Gasteiger partial charge in [0.05, 0.1) is 17.7 Å². The molecule has 0 bridgehead atoms. The fraction of sp³-hybridized carbons (Fsp3) is 0.294. The molecule has 0 radical (unpaired) electrons. The van der Waals surface area contributed by atoms with E-state index in [0.717, 1.165) is 5.56 Å². The summed E-state index contributed by atoms with van der Waals surface area (Å²) in [4.78, 5) is 24.4. The number of carbonyl (C=O) groups is 1. The number of aryl methyl sites for hydroxylation is 1. The molecule has 2 aromatic rings. The number of aromatic nitrogens is 2. The van der Waals surface area contributed by atoms with E-state index in [1.165, 1.54) is 11.0 Å². The molecule has 0 fully saturated rings. The van der Waals surface area contributed by atoms with Crippen LogP contribution in [0.3, 0.4) is 0 Å². The smallest absolute Gasteiger partial charge is 0.321 e. The summed E-state index contributed by atoms with van der Waals surface area (Å²) in [5, 5.41) is 17.9. The molecule has 0 spiro atoms. The molecule has 1 aromatic heterocycles. The highest BCUT2D eigenvalue weighted by molar-refractivity contribution is 5.89. The van der Waals surface area contributed by atoms with Gasteiger partial charge in [0.1, 0.15) is 6.54 Å². The number of anilines is 1. The van der Waals surface area contributed by atoms with E-state index in [4.69, 9.17) is 6.42 Å². The van der Waals surface area contributed by atoms with Gasteiger partial charge in [-0.15, -0.1) is 6.42 Å². The van der Waals surface area contributed by atoms with Crippen molar-refractivity contribution in [1.82, 2.24) is 14.7 Å². The minimum atomic E-state index is -0.446. The number of hydrogen-bond donors (Lipinski definition) is 1. The molecule has 0 atom stereocenters. The van der Waals surface area contributed by atoms with E-state index >= 15 is 0 Å². The van der Waals surface area contributed by atoms with Crippen LogP contribution in [0.2, 0.25) is 0 Å². The maximum atomic E-state index is 12.3. The first-order valence-corrected chi connectivity index (χ1v) is 7.68. The van der Waals surface area contributed by atoms with Crippen LogP contribution in [0.25, 0.3) is 0 Å². The van der Waals surface area contributed by atoms with Gasteiger partial charge in [0.25, 0.3) is 5.69 Å². The molecule has 0 saturated carbocycles. The molecule has 0 saturated heterocycles. The zero-order chi connectivity index (χ0) is 18.4. The fourth-order valence-electron chi connectivity index (χ4n) is 2.34. The fourth-order valence-corrected chi connectivity index (χ4v) is 2.34. The molecule has 0 aliphatic rings. The van der Waals surface area contributed by atoms with Gasteiger partial charge in [-0.25, -0.2) is 4.79 Å². The summed E-state index contributed by atoms with van der Waals surface area (Å²) in [5.41, 5.74) is 1.83. The third-order valence-electron chi connectivity index (χ3n) is 3.62. The standard InChI is InChI=1S/C17H19N5O3/c1-4-8-21-12-13(10-18-21)11-20(3)17(23)19-15-7-6-14(5-2)16(9-15)22(24)25/h1,6-7,9-10,12H,5,8,11H2,2-3H3,(H,19,23). The summed E-state index contributed by atoms with van der Waals surface area (Å²) >= 11 is 0. The van der Waals surface area contributed by atoms with E-state index in [0.29, 0.717) is 30.8 Å². The zero-order valence-electron chi connectivity index (χ0n) is 14.1. The van der Waals surface area contributed by atoms with Gasteiger partial charge in [-0.2, -0.15) is 5.10 Å². The second kappa shape index (κ2) is 7.97. The Labute approximate surface area is 145 Å². The Kier molecular flexibility index (Phi) is 5.74. The number of terminal acetylenes is 1. The van der Waals surface area contributed by atoms with Crippen LogP contribution < -0.4 is 5.32 Å². The third kappa shape index (κ3) is 4.57. The van der Waals surface area contributed by atoms with Crippen LogP contribution in [0.4, 0.5) is 16.2 Å². The lowest BCUT2D eigenvalue weighted by Gasteiger charge is -2.17. The SMILES string of the molecule is C#CCn1cc(CN(C)C(=O)Nc2ccc(CC)c([N+](=O)[O-])c2)cn1. The third-order valence-corrected chi connectivity index (χ3v) is 3.62. The number of amides is 2. The number of nitrogens with one attached hydrogen (secondary N) is 1. The van der Waals surface area contributed by atoms with Crippen LogP contribution in [0.5, 0.6) is 0 Å². The van der Waals surface area contributed by atoms with Gasteiger partial charge in [-0.1, -0.05) is 18.9 Å². The Morgan fingerprint density at radius 3 is 2.92 bits per heavy atom. The molecular formula is C17H19N5O3. The van der Waals surface area contributed by atoms with Crippen molar-refractivity contribution in [3.05, 3.63) is 51.8 Å². The van der Waals surface area contributed by atoms with E-state index in [2.05, 4.69) is 16.3 Å². The summed E-state index contributed by atoms with van der Waals surface area (Å²) in [6.07, 6.45) is 9.18. The van der Waals surface area contributed by atoms with Crippen molar-refractivity contribution in [2.24, 2.45) is 0 Å². The molecular weight excluding hydrogens is 322 g/mol. The molecule has 0 unspecified atom stereocenters. The predicted molar refractivity (Wildman–Crippen MR) is 94.0 cm³/mol. The molecule has 0 aliphatic heterocycles. The van der Waals surface area contributed by atoms with Crippen molar-refractivity contribution in [2.45, 2.75) is 26.4 Å². The summed E-state index contributed by atoms with van der Waals surface area (Å²) in [5.74, 6) is 2.48. The molecule has 1 aromatic carbocycles. The number of nitro groups is 1. The second-order valence-corrected chi connectivity index (χ2v) is 5.49. The molecule has 2 amide bonds. The number of carbonyl (C=O) groups excluding carboxylic acids is 1.